The van der Waals surface area contributed by atoms with Crippen molar-refractivity contribution in [2.45, 2.75) is 39.2 Å². The van der Waals surface area contributed by atoms with E-state index in [1.165, 1.54) is 12.8 Å². The van der Waals surface area contributed by atoms with Gasteiger partial charge in [0.15, 0.2) is 0 Å². The van der Waals surface area contributed by atoms with Crippen LogP contribution in [0.4, 0.5) is 0 Å². The average molecular weight is 126 g/mol. The maximum Gasteiger partial charge on any atom is 0.106 e. The van der Waals surface area contributed by atoms with Crippen LogP contribution < -0.4 is 0 Å². The molecular weight excluding hydrogens is 112 g/mol. The van der Waals surface area contributed by atoms with Crippen molar-refractivity contribution < 1.29 is 4.74 Å². The highest BCUT2D eigenvalue weighted by Crippen LogP contribution is 2.40. The Labute approximate surface area is 56.7 Å². The van der Waals surface area contributed by atoms with Crippen LogP contribution in [0.2, 0.25) is 0 Å². The summed E-state index contributed by atoms with van der Waals surface area (Å²) in [5.74, 6) is 1.05. The third-order valence-electron chi connectivity index (χ3n) is 1.77. The SMILES string of the molecule is C/C=C(/C)OC1(C)CC1. The van der Waals surface area contributed by atoms with E-state index < -0.39 is 0 Å². The van der Waals surface area contributed by atoms with Crippen molar-refractivity contribution in [2.24, 2.45) is 0 Å². The van der Waals surface area contributed by atoms with Gasteiger partial charge in [0, 0.05) is 0 Å². The standard InChI is InChI=1S/C8H14O/c1-4-7(2)9-8(3)5-6-8/h4H,5-6H2,1-3H3/b7-4-. The molecule has 0 aromatic rings. The Morgan fingerprint density at radius 3 is 2.44 bits per heavy atom. The minimum absolute atomic E-state index is 0.205. The molecule has 0 aromatic heterocycles. The van der Waals surface area contributed by atoms with Crippen LogP contribution in [-0.4, -0.2) is 5.60 Å². The predicted octanol–water partition coefficient (Wildman–Crippen LogP) is 2.48. The van der Waals surface area contributed by atoms with Crippen LogP contribution >= 0.6 is 0 Å². The summed E-state index contributed by atoms with van der Waals surface area (Å²) >= 11 is 0. The van der Waals surface area contributed by atoms with Crippen LogP contribution in [0.25, 0.3) is 0 Å². The first-order chi connectivity index (χ1) is 4.16. The fraction of sp³-hybridized carbons (Fsp3) is 0.750. The molecule has 0 N–H and O–H groups in total. The molecule has 0 aliphatic heterocycles. The van der Waals surface area contributed by atoms with E-state index >= 15 is 0 Å². The number of hydrogen-bond acceptors (Lipinski definition) is 1. The number of hydrogen-bond donors (Lipinski definition) is 0. The maximum atomic E-state index is 5.56. The minimum Gasteiger partial charge on any atom is -0.493 e. The molecule has 9 heavy (non-hydrogen) atoms. The average Bonchev–Trinajstić information content (AvgIpc) is 2.48. The van der Waals surface area contributed by atoms with Crippen LogP contribution in [0.15, 0.2) is 11.8 Å². The summed E-state index contributed by atoms with van der Waals surface area (Å²) < 4.78 is 5.56. The highest BCUT2D eigenvalue weighted by Gasteiger charge is 2.39. The van der Waals surface area contributed by atoms with Crippen molar-refractivity contribution in [3.05, 3.63) is 11.8 Å². The van der Waals surface area contributed by atoms with Crippen LogP contribution in [-0.2, 0) is 4.74 Å². The summed E-state index contributed by atoms with van der Waals surface area (Å²) in [4.78, 5) is 0. The molecular formula is C8H14O. The van der Waals surface area contributed by atoms with Crippen molar-refractivity contribution in [3.63, 3.8) is 0 Å². The van der Waals surface area contributed by atoms with Crippen LogP contribution in [0.1, 0.15) is 33.6 Å². The molecule has 1 saturated carbocycles. The molecule has 0 heterocycles. The quantitative estimate of drug-likeness (QED) is 0.516. The van der Waals surface area contributed by atoms with Crippen molar-refractivity contribution in [1.29, 1.82) is 0 Å². The molecule has 1 aliphatic carbocycles. The Bertz CT molecular complexity index is 132. The van der Waals surface area contributed by atoms with Crippen molar-refractivity contribution in [2.75, 3.05) is 0 Å². The summed E-state index contributed by atoms with van der Waals surface area (Å²) in [6, 6.07) is 0. The molecule has 1 nitrogen and oxygen atoms in total. The minimum atomic E-state index is 0.205. The highest BCUT2D eigenvalue weighted by molar-refractivity contribution is 4.97. The zero-order chi connectivity index (χ0) is 6.91. The van der Waals surface area contributed by atoms with Crippen molar-refractivity contribution >= 4 is 0 Å². The van der Waals surface area contributed by atoms with Gasteiger partial charge in [0.2, 0.25) is 0 Å². The third kappa shape index (κ3) is 1.74. The van der Waals surface area contributed by atoms with Gasteiger partial charge in [-0.05, 0) is 39.7 Å². The lowest BCUT2D eigenvalue weighted by Crippen LogP contribution is -2.05. The molecule has 1 aliphatic rings. The molecule has 1 rings (SSSR count). The molecule has 52 valence electrons. The number of rotatable bonds is 2. The summed E-state index contributed by atoms with van der Waals surface area (Å²) in [6.45, 7) is 6.16. The lowest BCUT2D eigenvalue weighted by atomic mass is 10.4. The lowest BCUT2D eigenvalue weighted by Gasteiger charge is -2.11. The fourth-order valence-electron chi connectivity index (χ4n) is 0.726. The molecule has 0 atom stereocenters. The summed E-state index contributed by atoms with van der Waals surface area (Å²) in [5.41, 5.74) is 0.205. The van der Waals surface area contributed by atoms with Gasteiger partial charge in [-0.2, -0.15) is 0 Å². The maximum absolute atomic E-state index is 5.56. The Kier molecular flexibility index (Phi) is 1.52. The molecule has 0 aromatic carbocycles. The zero-order valence-electron chi connectivity index (χ0n) is 6.40. The smallest absolute Gasteiger partial charge is 0.106 e. The van der Waals surface area contributed by atoms with Crippen LogP contribution in [0.5, 0.6) is 0 Å². The topological polar surface area (TPSA) is 9.23 Å². The van der Waals surface area contributed by atoms with Gasteiger partial charge in [-0.25, -0.2) is 0 Å². The normalized spacial score (nSPS) is 23.7. The molecule has 1 heteroatoms. The van der Waals surface area contributed by atoms with Gasteiger partial charge in [-0.1, -0.05) is 0 Å². The van der Waals surface area contributed by atoms with Gasteiger partial charge in [0.1, 0.15) is 5.60 Å². The van der Waals surface area contributed by atoms with Gasteiger partial charge >= 0.3 is 0 Å². The molecule has 0 spiro atoms. The van der Waals surface area contributed by atoms with E-state index in [-0.39, 0.29) is 5.60 Å². The van der Waals surface area contributed by atoms with E-state index in [4.69, 9.17) is 4.74 Å². The van der Waals surface area contributed by atoms with Gasteiger partial charge < -0.3 is 4.74 Å². The largest absolute Gasteiger partial charge is 0.493 e. The molecule has 0 saturated heterocycles. The van der Waals surface area contributed by atoms with E-state index in [2.05, 4.69) is 6.92 Å². The van der Waals surface area contributed by atoms with Crippen molar-refractivity contribution in [3.8, 4) is 0 Å². The second-order valence-electron chi connectivity index (χ2n) is 2.95. The van der Waals surface area contributed by atoms with Crippen LogP contribution in [0, 0.1) is 0 Å². The Morgan fingerprint density at radius 2 is 2.11 bits per heavy atom. The Morgan fingerprint density at radius 1 is 1.56 bits per heavy atom. The Balaban J connectivity index is 2.33. The predicted molar refractivity (Wildman–Crippen MR) is 38.2 cm³/mol. The van der Waals surface area contributed by atoms with Gasteiger partial charge in [-0.3, -0.25) is 0 Å². The second kappa shape index (κ2) is 2.05. The van der Waals surface area contributed by atoms with E-state index in [0.29, 0.717) is 0 Å². The summed E-state index contributed by atoms with van der Waals surface area (Å²) in [5, 5.41) is 0. The van der Waals surface area contributed by atoms with E-state index in [0.717, 1.165) is 5.76 Å². The fourth-order valence-corrected chi connectivity index (χ4v) is 0.726. The Hall–Kier alpha value is -0.460. The van der Waals surface area contributed by atoms with E-state index in [9.17, 15) is 0 Å². The van der Waals surface area contributed by atoms with E-state index in [1.807, 2.05) is 19.9 Å². The van der Waals surface area contributed by atoms with E-state index in [1.54, 1.807) is 0 Å². The first-order valence-corrected chi connectivity index (χ1v) is 3.48. The highest BCUT2D eigenvalue weighted by atomic mass is 16.5. The molecule has 0 amide bonds. The summed E-state index contributed by atoms with van der Waals surface area (Å²) in [7, 11) is 0. The monoisotopic (exact) mass is 126 g/mol. The number of ether oxygens (including phenoxy) is 1. The third-order valence-corrected chi connectivity index (χ3v) is 1.77. The molecule has 1 fully saturated rings. The van der Waals surface area contributed by atoms with Gasteiger partial charge in [0.25, 0.3) is 0 Å². The van der Waals surface area contributed by atoms with Crippen molar-refractivity contribution in [1.82, 2.24) is 0 Å². The van der Waals surface area contributed by atoms with Crippen LogP contribution in [0.3, 0.4) is 0 Å². The first kappa shape index (κ1) is 6.66. The van der Waals surface area contributed by atoms with Gasteiger partial charge in [-0.15, -0.1) is 0 Å². The van der Waals surface area contributed by atoms with Gasteiger partial charge in [0.05, 0.1) is 5.76 Å². The zero-order valence-corrected chi connectivity index (χ0v) is 6.40. The molecule has 0 bridgehead atoms. The molecule has 0 unspecified atom stereocenters. The summed E-state index contributed by atoms with van der Waals surface area (Å²) in [6.07, 6.45) is 4.44. The lowest BCUT2D eigenvalue weighted by molar-refractivity contribution is 0.111. The number of allylic oxidation sites excluding steroid dienone is 2. The second-order valence-corrected chi connectivity index (χ2v) is 2.95. The first-order valence-electron chi connectivity index (χ1n) is 3.48. The molecule has 0 radical (unpaired) electrons.